The maximum Gasteiger partial charge on any atom is 0.417 e. The summed E-state index contributed by atoms with van der Waals surface area (Å²) >= 11 is 5.56. The SMILES string of the molecule is CN1CCCN(C(=O)Nc2ccc(Cl)c(C(F)(F)F)c2)CC1. The first-order valence-corrected chi connectivity index (χ1v) is 7.26. The Balaban J connectivity index is 2.08. The molecule has 0 atom stereocenters. The summed E-state index contributed by atoms with van der Waals surface area (Å²) in [5.74, 6) is 0. The van der Waals surface area contributed by atoms with E-state index >= 15 is 0 Å². The summed E-state index contributed by atoms with van der Waals surface area (Å²) in [6.45, 7) is 2.75. The molecule has 0 radical (unpaired) electrons. The predicted molar refractivity (Wildman–Crippen MR) is 79.2 cm³/mol. The van der Waals surface area contributed by atoms with Gasteiger partial charge in [0.25, 0.3) is 0 Å². The van der Waals surface area contributed by atoms with Gasteiger partial charge in [-0.05, 0) is 38.2 Å². The highest BCUT2D eigenvalue weighted by Crippen LogP contribution is 2.36. The topological polar surface area (TPSA) is 35.6 Å². The minimum Gasteiger partial charge on any atom is -0.323 e. The lowest BCUT2D eigenvalue weighted by Gasteiger charge is -2.21. The van der Waals surface area contributed by atoms with Crippen LogP contribution in [0.5, 0.6) is 0 Å². The van der Waals surface area contributed by atoms with Gasteiger partial charge in [0.05, 0.1) is 10.6 Å². The quantitative estimate of drug-likeness (QED) is 0.852. The summed E-state index contributed by atoms with van der Waals surface area (Å²) < 4.78 is 38.4. The molecule has 1 fully saturated rings. The first-order valence-electron chi connectivity index (χ1n) is 6.88. The van der Waals surface area contributed by atoms with Gasteiger partial charge in [-0.3, -0.25) is 0 Å². The van der Waals surface area contributed by atoms with Gasteiger partial charge < -0.3 is 15.1 Å². The van der Waals surface area contributed by atoms with Gasteiger partial charge in [0, 0.05) is 25.3 Å². The van der Waals surface area contributed by atoms with Crippen molar-refractivity contribution in [2.45, 2.75) is 12.6 Å². The highest BCUT2D eigenvalue weighted by atomic mass is 35.5. The zero-order valence-electron chi connectivity index (χ0n) is 12.1. The van der Waals surface area contributed by atoms with Crippen LogP contribution in [0.2, 0.25) is 5.02 Å². The number of urea groups is 1. The highest BCUT2D eigenvalue weighted by Gasteiger charge is 2.33. The number of benzene rings is 1. The van der Waals surface area contributed by atoms with Crippen LogP contribution in [0.1, 0.15) is 12.0 Å². The molecule has 0 spiro atoms. The second-order valence-electron chi connectivity index (χ2n) is 5.27. The van der Waals surface area contributed by atoms with Crippen molar-refractivity contribution >= 4 is 23.3 Å². The molecule has 1 aromatic carbocycles. The van der Waals surface area contributed by atoms with E-state index < -0.39 is 17.8 Å². The van der Waals surface area contributed by atoms with E-state index in [0.717, 1.165) is 31.6 Å². The second-order valence-corrected chi connectivity index (χ2v) is 5.67. The van der Waals surface area contributed by atoms with Crippen molar-refractivity contribution in [3.63, 3.8) is 0 Å². The summed E-state index contributed by atoms with van der Waals surface area (Å²) in [5, 5.41) is 2.12. The van der Waals surface area contributed by atoms with Crippen molar-refractivity contribution in [3.8, 4) is 0 Å². The van der Waals surface area contributed by atoms with Crippen molar-refractivity contribution in [1.29, 1.82) is 0 Å². The first-order chi connectivity index (χ1) is 10.3. The van der Waals surface area contributed by atoms with Crippen LogP contribution in [-0.4, -0.2) is 49.1 Å². The summed E-state index contributed by atoms with van der Waals surface area (Å²) in [6, 6.07) is 2.95. The van der Waals surface area contributed by atoms with E-state index in [-0.39, 0.29) is 10.7 Å². The molecular weight excluding hydrogens is 319 g/mol. The number of halogens is 4. The number of carbonyl (C=O) groups is 1. The molecule has 2 amide bonds. The number of carbonyl (C=O) groups excluding carboxylic acids is 1. The smallest absolute Gasteiger partial charge is 0.323 e. The minimum atomic E-state index is -4.55. The molecule has 1 N–H and O–H groups in total. The monoisotopic (exact) mass is 335 g/mol. The van der Waals surface area contributed by atoms with Crippen molar-refractivity contribution in [2.24, 2.45) is 0 Å². The van der Waals surface area contributed by atoms with Crippen molar-refractivity contribution in [1.82, 2.24) is 9.80 Å². The van der Waals surface area contributed by atoms with Gasteiger partial charge in [0.15, 0.2) is 0 Å². The zero-order valence-corrected chi connectivity index (χ0v) is 12.8. The number of amides is 2. The maximum atomic E-state index is 12.8. The molecule has 0 unspecified atom stereocenters. The van der Waals surface area contributed by atoms with Crippen LogP contribution in [0.25, 0.3) is 0 Å². The van der Waals surface area contributed by atoms with E-state index in [1.165, 1.54) is 6.07 Å². The molecule has 0 aromatic heterocycles. The van der Waals surface area contributed by atoms with Crippen LogP contribution in [0.15, 0.2) is 18.2 Å². The number of rotatable bonds is 1. The summed E-state index contributed by atoms with van der Waals surface area (Å²) in [4.78, 5) is 15.9. The van der Waals surface area contributed by atoms with Crippen molar-refractivity contribution in [2.75, 3.05) is 38.5 Å². The second kappa shape index (κ2) is 6.75. The van der Waals surface area contributed by atoms with Crippen LogP contribution >= 0.6 is 11.6 Å². The molecular formula is C14H17ClF3N3O. The molecule has 22 heavy (non-hydrogen) atoms. The van der Waals surface area contributed by atoms with E-state index in [1.807, 2.05) is 7.05 Å². The molecule has 2 rings (SSSR count). The Bertz CT molecular complexity index is 551. The Kier molecular flexibility index (Phi) is 5.18. The van der Waals surface area contributed by atoms with Crippen LogP contribution in [-0.2, 0) is 6.18 Å². The number of alkyl halides is 3. The standard InChI is InChI=1S/C14H17ClF3N3O/c1-20-5-2-6-21(8-7-20)13(22)19-10-3-4-12(15)11(9-10)14(16,17)18/h3-4,9H,2,5-8H2,1H3,(H,19,22). The van der Waals surface area contributed by atoms with Gasteiger partial charge in [0.1, 0.15) is 0 Å². The zero-order chi connectivity index (χ0) is 16.3. The average molecular weight is 336 g/mol. The molecule has 4 nitrogen and oxygen atoms in total. The molecule has 0 aliphatic carbocycles. The van der Waals surface area contributed by atoms with Gasteiger partial charge in [-0.25, -0.2) is 4.79 Å². The Hall–Kier alpha value is -1.47. The number of hydrogen-bond acceptors (Lipinski definition) is 2. The molecule has 8 heteroatoms. The van der Waals surface area contributed by atoms with Crippen LogP contribution < -0.4 is 5.32 Å². The molecule has 1 aromatic rings. The largest absolute Gasteiger partial charge is 0.417 e. The molecule has 122 valence electrons. The Morgan fingerprint density at radius 1 is 1.23 bits per heavy atom. The van der Waals surface area contributed by atoms with Crippen molar-refractivity contribution < 1.29 is 18.0 Å². The first kappa shape index (κ1) is 16.9. The van der Waals surface area contributed by atoms with E-state index in [2.05, 4.69) is 10.2 Å². The van der Waals surface area contributed by atoms with Gasteiger partial charge >= 0.3 is 12.2 Å². The molecule has 0 bridgehead atoms. The van der Waals surface area contributed by atoms with E-state index in [9.17, 15) is 18.0 Å². The van der Waals surface area contributed by atoms with Crippen molar-refractivity contribution in [3.05, 3.63) is 28.8 Å². The number of likely N-dealkylation sites (N-methyl/N-ethyl adjacent to an activating group) is 1. The molecule has 1 aliphatic heterocycles. The number of anilines is 1. The number of hydrogen-bond donors (Lipinski definition) is 1. The lowest BCUT2D eigenvalue weighted by atomic mass is 10.2. The summed E-state index contributed by atoms with van der Waals surface area (Å²) in [7, 11) is 1.97. The minimum absolute atomic E-state index is 0.0827. The molecule has 1 aliphatic rings. The third kappa shape index (κ3) is 4.27. The van der Waals surface area contributed by atoms with E-state index in [4.69, 9.17) is 11.6 Å². The molecule has 0 saturated carbocycles. The fourth-order valence-electron chi connectivity index (χ4n) is 2.27. The third-order valence-corrected chi connectivity index (χ3v) is 3.86. The molecule has 1 saturated heterocycles. The Morgan fingerprint density at radius 2 is 1.95 bits per heavy atom. The summed E-state index contributed by atoms with van der Waals surface area (Å²) in [6.07, 6.45) is -3.72. The van der Waals surface area contributed by atoms with Gasteiger partial charge in [-0.2, -0.15) is 13.2 Å². The molecule has 1 heterocycles. The fraction of sp³-hybridized carbons (Fsp3) is 0.500. The van der Waals surface area contributed by atoms with Crippen LogP contribution in [0.4, 0.5) is 23.7 Å². The lowest BCUT2D eigenvalue weighted by molar-refractivity contribution is -0.137. The Labute approximate surface area is 131 Å². The maximum absolute atomic E-state index is 12.8. The number of nitrogens with zero attached hydrogens (tertiary/aromatic N) is 2. The van der Waals surface area contributed by atoms with Gasteiger partial charge in [-0.15, -0.1) is 0 Å². The van der Waals surface area contributed by atoms with E-state index in [1.54, 1.807) is 4.90 Å². The van der Waals surface area contributed by atoms with Gasteiger partial charge in [-0.1, -0.05) is 11.6 Å². The van der Waals surface area contributed by atoms with Crippen LogP contribution in [0.3, 0.4) is 0 Å². The van der Waals surface area contributed by atoms with E-state index in [0.29, 0.717) is 13.1 Å². The number of nitrogens with one attached hydrogen (secondary N) is 1. The average Bonchev–Trinajstić information content (AvgIpc) is 2.64. The van der Waals surface area contributed by atoms with Crippen LogP contribution in [0, 0.1) is 0 Å². The Morgan fingerprint density at radius 3 is 2.64 bits per heavy atom. The summed E-state index contributed by atoms with van der Waals surface area (Å²) in [5.41, 5.74) is -0.873. The van der Waals surface area contributed by atoms with Gasteiger partial charge in [0.2, 0.25) is 0 Å². The lowest BCUT2D eigenvalue weighted by Crippen LogP contribution is -2.37. The fourth-order valence-corrected chi connectivity index (χ4v) is 2.50. The third-order valence-electron chi connectivity index (χ3n) is 3.53. The predicted octanol–water partition coefficient (Wildman–Crippen LogP) is 3.53. The highest BCUT2D eigenvalue weighted by molar-refractivity contribution is 6.31. The normalized spacial score (nSPS) is 17.2.